The van der Waals surface area contributed by atoms with Crippen molar-refractivity contribution in [1.82, 2.24) is 4.98 Å². The molecule has 0 amide bonds. The molecule has 3 aromatic carbocycles. The fraction of sp³-hybridized carbons (Fsp3) is 0.125. The van der Waals surface area contributed by atoms with Crippen LogP contribution in [0.5, 0.6) is 0 Å². The number of rotatable bonds is 6. The molecule has 31 heavy (non-hydrogen) atoms. The first-order valence-electron chi connectivity index (χ1n) is 9.74. The highest BCUT2D eigenvalue weighted by atomic mass is 79.9. The molecule has 4 rings (SSSR count). The lowest BCUT2D eigenvalue weighted by Crippen LogP contribution is -2.10. The van der Waals surface area contributed by atoms with Crippen LogP contribution in [-0.4, -0.2) is 13.4 Å². The van der Waals surface area contributed by atoms with Crippen LogP contribution in [0.3, 0.4) is 0 Å². The Kier molecular flexibility index (Phi) is 5.98. The first-order valence-corrected chi connectivity index (χ1v) is 12.0. The Labute approximate surface area is 190 Å². The molecule has 0 bridgehead atoms. The van der Waals surface area contributed by atoms with Gasteiger partial charge < -0.3 is 9.73 Å². The standard InChI is InChI=1S/C24H21BrN2O3S/c1-16-7-6-10-19(15-16)22-27-24(31(28,29)21-13-11-20(25)12-14-21)23(30-22)26-17(2)18-8-4-3-5-9-18/h3-15,17,26H,1-2H3. The van der Waals surface area contributed by atoms with Crippen LogP contribution in [-0.2, 0) is 9.84 Å². The van der Waals surface area contributed by atoms with E-state index in [1.165, 1.54) is 0 Å². The zero-order valence-corrected chi connectivity index (χ0v) is 19.4. The Balaban J connectivity index is 1.81. The molecule has 1 aromatic heterocycles. The number of hydrogen-bond donors (Lipinski definition) is 1. The van der Waals surface area contributed by atoms with Gasteiger partial charge in [-0.15, -0.1) is 0 Å². The summed E-state index contributed by atoms with van der Waals surface area (Å²) in [5.74, 6) is 0.373. The number of benzene rings is 3. The first kappa shape index (κ1) is 21.3. The quantitative estimate of drug-likeness (QED) is 0.333. The fourth-order valence-electron chi connectivity index (χ4n) is 3.23. The molecule has 0 aliphatic rings. The minimum absolute atomic E-state index is 0.121. The van der Waals surface area contributed by atoms with Crippen LogP contribution in [0.1, 0.15) is 24.1 Å². The van der Waals surface area contributed by atoms with Crippen LogP contribution in [0, 0.1) is 6.92 Å². The number of halogens is 1. The van der Waals surface area contributed by atoms with Crippen LogP contribution in [0.2, 0.25) is 0 Å². The van der Waals surface area contributed by atoms with E-state index < -0.39 is 9.84 Å². The summed E-state index contributed by atoms with van der Waals surface area (Å²) in [4.78, 5) is 4.56. The molecule has 0 aliphatic heterocycles. The largest absolute Gasteiger partial charge is 0.419 e. The van der Waals surface area contributed by atoms with Crippen molar-refractivity contribution in [2.75, 3.05) is 5.32 Å². The second-order valence-corrected chi connectivity index (χ2v) is 10.0. The maximum atomic E-state index is 13.4. The SMILES string of the molecule is Cc1cccc(-c2nc(S(=O)(=O)c3ccc(Br)cc3)c(NC(C)c3ccccc3)o2)c1. The molecule has 1 heterocycles. The molecule has 0 saturated carbocycles. The van der Waals surface area contributed by atoms with Crippen molar-refractivity contribution < 1.29 is 12.8 Å². The summed E-state index contributed by atoms with van der Waals surface area (Å²) >= 11 is 3.34. The van der Waals surface area contributed by atoms with Gasteiger partial charge in [0.15, 0.2) is 0 Å². The first-order chi connectivity index (χ1) is 14.8. The summed E-state index contributed by atoms with van der Waals surface area (Å²) in [7, 11) is -3.90. The number of nitrogens with zero attached hydrogens (tertiary/aromatic N) is 1. The van der Waals surface area contributed by atoms with E-state index in [1.807, 2.05) is 68.4 Å². The van der Waals surface area contributed by atoms with E-state index in [0.29, 0.717) is 5.56 Å². The van der Waals surface area contributed by atoms with Crippen LogP contribution in [0.25, 0.3) is 11.5 Å². The molecule has 1 N–H and O–H groups in total. The topological polar surface area (TPSA) is 72.2 Å². The molecule has 0 radical (unpaired) electrons. The molecule has 0 fully saturated rings. The summed E-state index contributed by atoms with van der Waals surface area (Å²) in [6.07, 6.45) is 0. The average Bonchev–Trinajstić information content (AvgIpc) is 3.19. The van der Waals surface area contributed by atoms with Gasteiger partial charge in [-0.2, -0.15) is 4.98 Å². The van der Waals surface area contributed by atoms with Crippen molar-refractivity contribution in [3.8, 4) is 11.5 Å². The Morgan fingerprint density at radius 1 is 0.968 bits per heavy atom. The third-order valence-corrected chi connectivity index (χ3v) is 7.09. The van der Waals surface area contributed by atoms with E-state index in [-0.39, 0.29) is 27.7 Å². The van der Waals surface area contributed by atoms with Crippen LogP contribution >= 0.6 is 15.9 Å². The number of oxazole rings is 1. The van der Waals surface area contributed by atoms with E-state index in [1.54, 1.807) is 24.3 Å². The van der Waals surface area contributed by atoms with Crippen molar-refractivity contribution in [2.24, 2.45) is 0 Å². The maximum Gasteiger partial charge on any atom is 0.234 e. The lowest BCUT2D eigenvalue weighted by Gasteiger charge is -2.14. The number of aryl methyl sites for hydroxylation is 1. The van der Waals surface area contributed by atoms with Crippen LogP contribution in [0.15, 0.2) is 97.7 Å². The van der Waals surface area contributed by atoms with E-state index in [9.17, 15) is 8.42 Å². The molecule has 4 aromatic rings. The van der Waals surface area contributed by atoms with Gasteiger partial charge in [0.25, 0.3) is 0 Å². The smallest absolute Gasteiger partial charge is 0.234 e. The molecule has 1 unspecified atom stereocenters. The predicted octanol–water partition coefficient (Wildman–Crippen LogP) is 6.42. The summed E-state index contributed by atoms with van der Waals surface area (Å²) in [5, 5.41) is 3.07. The third-order valence-electron chi connectivity index (χ3n) is 4.89. The van der Waals surface area contributed by atoms with E-state index in [0.717, 1.165) is 15.6 Å². The average molecular weight is 497 g/mol. The zero-order valence-electron chi connectivity index (χ0n) is 17.0. The molecule has 158 valence electrons. The number of anilines is 1. The van der Waals surface area contributed by atoms with Gasteiger partial charge in [0.05, 0.1) is 10.9 Å². The highest BCUT2D eigenvalue weighted by Crippen LogP contribution is 2.34. The van der Waals surface area contributed by atoms with Gasteiger partial charge in [-0.25, -0.2) is 8.42 Å². The maximum absolute atomic E-state index is 13.4. The van der Waals surface area contributed by atoms with Crippen molar-refractivity contribution in [1.29, 1.82) is 0 Å². The van der Waals surface area contributed by atoms with Crippen molar-refractivity contribution in [2.45, 2.75) is 29.8 Å². The Morgan fingerprint density at radius 3 is 2.35 bits per heavy atom. The molecular weight excluding hydrogens is 476 g/mol. The number of nitrogens with one attached hydrogen (secondary N) is 1. The van der Waals surface area contributed by atoms with Crippen molar-refractivity contribution in [3.63, 3.8) is 0 Å². The van der Waals surface area contributed by atoms with Crippen LogP contribution in [0.4, 0.5) is 5.88 Å². The normalized spacial score (nSPS) is 12.5. The third kappa shape index (κ3) is 4.57. The highest BCUT2D eigenvalue weighted by Gasteiger charge is 2.29. The van der Waals surface area contributed by atoms with Crippen molar-refractivity contribution >= 4 is 31.7 Å². The molecule has 7 heteroatoms. The Bertz CT molecular complexity index is 1300. The second-order valence-electron chi connectivity index (χ2n) is 7.26. The van der Waals surface area contributed by atoms with E-state index >= 15 is 0 Å². The molecule has 1 atom stereocenters. The van der Waals surface area contributed by atoms with Gasteiger partial charge in [0.1, 0.15) is 0 Å². The summed E-state index contributed by atoms with van der Waals surface area (Å²) < 4.78 is 33.6. The Morgan fingerprint density at radius 2 is 1.68 bits per heavy atom. The lowest BCUT2D eigenvalue weighted by molar-refractivity contribution is 0.570. The van der Waals surface area contributed by atoms with E-state index in [2.05, 4.69) is 26.2 Å². The Hall–Kier alpha value is -2.90. The summed E-state index contributed by atoms with van der Waals surface area (Å²) in [6.45, 7) is 3.91. The van der Waals surface area contributed by atoms with Gasteiger partial charge in [0, 0.05) is 10.0 Å². The van der Waals surface area contributed by atoms with E-state index in [4.69, 9.17) is 4.42 Å². The second kappa shape index (κ2) is 8.69. The van der Waals surface area contributed by atoms with Gasteiger partial charge >= 0.3 is 0 Å². The zero-order chi connectivity index (χ0) is 22.0. The monoisotopic (exact) mass is 496 g/mol. The minimum Gasteiger partial charge on any atom is -0.419 e. The number of aromatic nitrogens is 1. The fourth-order valence-corrected chi connectivity index (χ4v) is 4.76. The summed E-state index contributed by atoms with van der Waals surface area (Å²) in [5.41, 5.74) is 2.75. The van der Waals surface area contributed by atoms with Crippen molar-refractivity contribution in [3.05, 3.63) is 94.5 Å². The number of sulfone groups is 1. The minimum atomic E-state index is -3.90. The number of hydrogen-bond acceptors (Lipinski definition) is 5. The molecule has 0 spiro atoms. The highest BCUT2D eigenvalue weighted by molar-refractivity contribution is 9.10. The summed E-state index contributed by atoms with van der Waals surface area (Å²) in [6, 6.07) is 23.6. The lowest BCUT2D eigenvalue weighted by atomic mass is 10.1. The molecule has 0 aliphatic carbocycles. The molecule has 0 saturated heterocycles. The van der Waals surface area contributed by atoms with Gasteiger partial charge in [-0.05, 0) is 55.8 Å². The predicted molar refractivity (Wildman–Crippen MR) is 125 cm³/mol. The van der Waals surface area contributed by atoms with Gasteiger partial charge in [-0.1, -0.05) is 64.0 Å². The molecule has 5 nitrogen and oxygen atoms in total. The van der Waals surface area contributed by atoms with Gasteiger partial charge in [-0.3, -0.25) is 0 Å². The van der Waals surface area contributed by atoms with Crippen LogP contribution < -0.4 is 5.32 Å². The molecular formula is C24H21BrN2O3S. The van der Waals surface area contributed by atoms with Gasteiger partial charge in [0.2, 0.25) is 26.6 Å².